The van der Waals surface area contributed by atoms with Crippen molar-refractivity contribution in [3.8, 4) is 5.75 Å². The third-order valence-corrected chi connectivity index (χ3v) is 4.90. The van der Waals surface area contributed by atoms with Gasteiger partial charge in [-0.1, -0.05) is 17.8 Å². The smallest absolute Gasteiger partial charge is 0.271 e. The first-order chi connectivity index (χ1) is 13.8. The molecule has 1 unspecified atom stereocenters. The van der Waals surface area contributed by atoms with Gasteiger partial charge in [0.15, 0.2) is 5.17 Å². The van der Waals surface area contributed by atoms with E-state index in [1.807, 2.05) is 0 Å². The second-order valence-electron chi connectivity index (χ2n) is 5.93. The number of benzene rings is 2. The van der Waals surface area contributed by atoms with Gasteiger partial charge >= 0.3 is 0 Å². The third-order valence-electron chi connectivity index (χ3n) is 3.92. The van der Waals surface area contributed by atoms with Gasteiger partial charge < -0.3 is 10.8 Å². The number of aromatic hydroxyl groups is 1. The van der Waals surface area contributed by atoms with E-state index < -0.39 is 22.0 Å². The largest absolute Gasteiger partial charge is 0.508 e. The van der Waals surface area contributed by atoms with Gasteiger partial charge in [0.1, 0.15) is 11.0 Å². The molecule has 1 aliphatic heterocycles. The Labute approximate surface area is 168 Å². The number of amidine groups is 1. The Hall–Kier alpha value is -3.73. The highest BCUT2D eigenvalue weighted by Crippen LogP contribution is 2.31. The minimum absolute atomic E-state index is 0.00734. The maximum atomic E-state index is 12.6. The Morgan fingerprint density at radius 3 is 2.69 bits per heavy atom. The van der Waals surface area contributed by atoms with E-state index in [9.17, 15) is 24.8 Å². The second kappa shape index (κ2) is 8.52. The summed E-state index contributed by atoms with van der Waals surface area (Å²) in [6.45, 7) is 0. The number of carbonyl (C=O) groups is 2. The molecular formula is C18H15N5O5S. The monoisotopic (exact) mass is 413 g/mol. The molecule has 0 spiro atoms. The lowest BCUT2D eigenvalue weighted by Crippen LogP contribution is -2.31. The molecule has 2 amide bonds. The van der Waals surface area contributed by atoms with Crippen LogP contribution < -0.4 is 10.6 Å². The lowest BCUT2D eigenvalue weighted by molar-refractivity contribution is -0.384. The van der Waals surface area contributed by atoms with E-state index in [-0.39, 0.29) is 28.7 Å². The minimum Gasteiger partial charge on any atom is -0.508 e. The molecule has 1 saturated heterocycles. The Morgan fingerprint density at radius 1 is 1.28 bits per heavy atom. The Morgan fingerprint density at radius 2 is 2.00 bits per heavy atom. The molecule has 2 aromatic carbocycles. The fraction of sp³-hybridized carbons (Fsp3) is 0.111. The number of anilines is 1. The standard InChI is InChI=1S/C18H15N5O5S/c19-18(21-20-10-11-4-6-14(24)7-5-11)29-15-9-16(25)22(17(15)26)12-2-1-3-13(8-12)23(27)28/h1-8,10,15,24H,9H2,(H2,19,21). The maximum absolute atomic E-state index is 12.6. The molecule has 2 aromatic rings. The first kappa shape index (κ1) is 20.0. The molecule has 148 valence electrons. The summed E-state index contributed by atoms with van der Waals surface area (Å²) < 4.78 is 0. The number of amides is 2. The van der Waals surface area contributed by atoms with Crippen molar-refractivity contribution in [2.75, 3.05) is 4.90 Å². The van der Waals surface area contributed by atoms with Gasteiger partial charge in [-0.25, -0.2) is 4.90 Å². The number of carbonyl (C=O) groups excluding carboxylic acids is 2. The first-order valence-corrected chi connectivity index (χ1v) is 9.16. The van der Waals surface area contributed by atoms with Crippen molar-refractivity contribution in [3.05, 3.63) is 64.2 Å². The predicted molar refractivity (Wildman–Crippen MR) is 109 cm³/mol. The fourth-order valence-corrected chi connectivity index (χ4v) is 3.41. The number of nitrogens with two attached hydrogens (primary N) is 1. The van der Waals surface area contributed by atoms with Crippen LogP contribution in [0.5, 0.6) is 5.75 Å². The van der Waals surface area contributed by atoms with E-state index in [1.54, 1.807) is 12.1 Å². The lowest BCUT2D eigenvalue weighted by Gasteiger charge is -2.14. The molecular weight excluding hydrogens is 398 g/mol. The van der Waals surface area contributed by atoms with Crippen molar-refractivity contribution < 1.29 is 19.6 Å². The zero-order valence-corrected chi connectivity index (χ0v) is 15.7. The van der Waals surface area contributed by atoms with Gasteiger partial charge in [0, 0.05) is 18.6 Å². The summed E-state index contributed by atoms with van der Waals surface area (Å²) in [6, 6.07) is 11.6. The van der Waals surface area contributed by atoms with E-state index in [4.69, 9.17) is 5.73 Å². The van der Waals surface area contributed by atoms with Crippen LogP contribution in [0.2, 0.25) is 0 Å². The lowest BCUT2D eigenvalue weighted by atomic mass is 10.2. The third kappa shape index (κ3) is 4.76. The molecule has 3 rings (SSSR count). The predicted octanol–water partition coefficient (Wildman–Crippen LogP) is 2.01. The number of non-ortho nitro benzene ring substituents is 1. The molecule has 1 heterocycles. The van der Waals surface area contributed by atoms with E-state index in [0.29, 0.717) is 5.56 Å². The summed E-state index contributed by atoms with van der Waals surface area (Å²) >= 11 is 0.894. The Bertz CT molecular complexity index is 1020. The van der Waals surface area contributed by atoms with E-state index in [0.717, 1.165) is 16.7 Å². The fourth-order valence-electron chi connectivity index (χ4n) is 2.60. The molecule has 10 nitrogen and oxygen atoms in total. The molecule has 0 bridgehead atoms. The van der Waals surface area contributed by atoms with Gasteiger partial charge in [-0.05, 0) is 35.9 Å². The van der Waals surface area contributed by atoms with Crippen LogP contribution in [0.3, 0.4) is 0 Å². The molecule has 0 aliphatic carbocycles. The van der Waals surface area contributed by atoms with Gasteiger partial charge in [-0.2, -0.15) is 5.10 Å². The number of imide groups is 1. The molecule has 0 aromatic heterocycles. The molecule has 0 radical (unpaired) electrons. The number of rotatable bonds is 5. The number of hydrogen-bond donors (Lipinski definition) is 2. The summed E-state index contributed by atoms with van der Waals surface area (Å²) in [5.74, 6) is -0.881. The summed E-state index contributed by atoms with van der Waals surface area (Å²) in [4.78, 5) is 36.1. The molecule has 1 aliphatic rings. The van der Waals surface area contributed by atoms with E-state index >= 15 is 0 Å². The zero-order valence-electron chi connectivity index (χ0n) is 14.8. The molecule has 0 saturated carbocycles. The molecule has 29 heavy (non-hydrogen) atoms. The van der Waals surface area contributed by atoms with Crippen LogP contribution in [0.25, 0.3) is 0 Å². The van der Waals surface area contributed by atoms with Crippen LogP contribution >= 0.6 is 11.8 Å². The highest BCUT2D eigenvalue weighted by Gasteiger charge is 2.41. The number of nitrogens with zero attached hydrogens (tertiary/aromatic N) is 4. The molecule has 1 atom stereocenters. The minimum atomic E-state index is -0.797. The van der Waals surface area contributed by atoms with Crippen molar-refractivity contribution in [2.24, 2.45) is 15.9 Å². The van der Waals surface area contributed by atoms with Gasteiger partial charge in [-0.15, -0.1) is 5.10 Å². The van der Waals surface area contributed by atoms with Gasteiger partial charge in [0.05, 0.1) is 16.8 Å². The summed E-state index contributed by atoms with van der Waals surface area (Å²) in [5, 5.41) is 27.0. The van der Waals surface area contributed by atoms with Crippen molar-refractivity contribution in [3.63, 3.8) is 0 Å². The highest BCUT2D eigenvalue weighted by atomic mass is 32.2. The van der Waals surface area contributed by atoms with Crippen LogP contribution in [0, 0.1) is 10.1 Å². The number of nitro benzene ring substituents is 1. The van der Waals surface area contributed by atoms with Crippen LogP contribution in [-0.4, -0.2) is 38.5 Å². The van der Waals surface area contributed by atoms with Gasteiger partial charge in [0.25, 0.3) is 5.69 Å². The second-order valence-corrected chi connectivity index (χ2v) is 7.15. The number of hydrogen-bond acceptors (Lipinski definition) is 8. The number of nitro groups is 1. The normalized spacial score (nSPS) is 17.3. The van der Waals surface area contributed by atoms with Gasteiger partial charge in [0.2, 0.25) is 11.8 Å². The average Bonchev–Trinajstić information content (AvgIpc) is 2.96. The van der Waals surface area contributed by atoms with Crippen LogP contribution in [0.1, 0.15) is 12.0 Å². The summed E-state index contributed by atoms with van der Waals surface area (Å²) in [7, 11) is 0. The SMILES string of the molecule is NC(=NN=Cc1ccc(O)cc1)SC1CC(=O)N(c2cccc([N+](=O)[O-])c2)C1=O. The quantitative estimate of drug-likeness (QED) is 0.250. The zero-order chi connectivity index (χ0) is 21.0. The first-order valence-electron chi connectivity index (χ1n) is 8.28. The topological polar surface area (TPSA) is 151 Å². The van der Waals surface area contributed by atoms with E-state index in [2.05, 4.69) is 10.2 Å². The average molecular weight is 413 g/mol. The van der Waals surface area contributed by atoms with Crippen molar-refractivity contribution in [1.29, 1.82) is 0 Å². The molecule has 11 heteroatoms. The number of thioether (sulfide) groups is 1. The Kier molecular flexibility index (Phi) is 5.88. The van der Waals surface area contributed by atoms with Crippen molar-refractivity contribution >= 4 is 46.3 Å². The van der Waals surface area contributed by atoms with Crippen molar-refractivity contribution in [2.45, 2.75) is 11.7 Å². The van der Waals surface area contributed by atoms with Crippen LogP contribution in [0.15, 0.2) is 58.7 Å². The highest BCUT2D eigenvalue weighted by molar-refractivity contribution is 8.14. The summed E-state index contributed by atoms with van der Waals surface area (Å²) in [6.07, 6.45) is 1.31. The number of phenols is 1. The Balaban J connectivity index is 1.68. The summed E-state index contributed by atoms with van der Waals surface area (Å²) in [5.41, 5.74) is 6.39. The van der Waals surface area contributed by atoms with E-state index in [1.165, 1.54) is 42.6 Å². The van der Waals surface area contributed by atoms with Crippen LogP contribution in [0.4, 0.5) is 11.4 Å². The molecule has 3 N–H and O–H groups in total. The van der Waals surface area contributed by atoms with Gasteiger partial charge in [-0.3, -0.25) is 19.7 Å². The number of phenolic OH excluding ortho intramolecular Hbond substituents is 1. The maximum Gasteiger partial charge on any atom is 0.271 e. The van der Waals surface area contributed by atoms with Crippen molar-refractivity contribution in [1.82, 2.24) is 0 Å². The van der Waals surface area contributed by atoms with Crippen LogP contribution in [-0.2, 0) is 9.59 Å². The molecule has 1 fully saturated rings.